The summed E-state index contributed by atoms with van der Waals surface area (Å²) in [6, 6.07) is 0. The monoisotopic (exact) mass is 237 g/mol. The maximum absolute atomic E-state index is 11.4. The number of nitrogens with zero attached hydrogens (tertiary/aromatic N) is 3. The second-order valence-electron chi connectivity index (χ2n) is 3.32. The van der Waals surface area contributed by atoms with Crippen LogP contribution in [0.15, 0.2) is 23.4 Å². The lowest BCUT2D eigenvalue weighted by Gasteiger charge is -2.02. The Balaban J connectivity index is 2.26. The Morgan fingerprint density at radius 2 is 2.31 bits per heavy atom. The fourth-order valence-corrected chi connectivity index (χ4v) is 2.02. The van der Waals surface area contributed by atoms with Crippen molar-refractivity contribution >= 4 is 16.5 Å². The summed E-state index contributed by atoms with van der Waals surface area (Å²) < 4.78 is 1.54. The Morgan fingerprint density at radius 3 is 3.00 bits per heavy atom. The smallest absolute Gasteiger partial charge is 0.300 e. The van der Waals surface area contributed by atoms with Crippen LogP contribution in [0.3, 0.4) is 0 Å². The minimum absolute atomic E-state index is 0.263. The second-order valence-corrected chi connectivity index (χ2v) is 4.43. The van der Waals surface area contributed by atoms with Gasteiger partial charge in [-0.25, -0.2) is 20.6 Å². The summed E-state index contributed by atoms with van der Waals surface area (Å²) >= 11 is 1.41. The molecular formula is C9H11N5OS. The highest BCUT2D eigenvalue weighted by Crippen LogP contribution is 2.17. The molecular weight excluding hydrogens is 226 g/mol. The van der Waals surface area contributed by atoms with Gasteiger partial charge >= 0.3 is 5.69 Å². The normalized spacial score (nSPS) is 10.4. The lowest BCUT2D eigenvalue weighted by Crippen LogP contribution is -2.22. The standard InChI is InChI=1S/C9H11N5OS/c1-6-2-12-9(15)14(4-6)5-7-3-11-8(13-10)16-7/h2-4H,5,10H2,1H3,(H,11,13). The van der Waals surface area contributed by atoms with Crippen LogP contribution in [0, 0.1) is 6.92 Å². The van der Waals surface area contributed by atoms with Crippen LogP contribution in [0.5, 0.6) is 0 Å². The Kier molecular flexibility index (Phi) is 2.97. The highest BCUT2D eigenvalue weighted by Gasteiger charge is 2.03. The summed E-state index contributed by atoms with van der Waals surface area (Å²) in [5, 5.41) is 0.628. The number of thiazole rings is 1. The molecule has 0 bridgehead atoms. The van der Waals surface area contributed by atoms with Gasteiger partial charge in [-0.05, 0) is 12.5 Å². The molecule has 2 aromatic heterocycles. The van der Waals surface area contributed by atoms with Gasteiger partial charge in [0.05, 0.1) is 6.54 Å². The Morgan fingerprint density at radius 1 is 1.50 bits per heavy atom. The lowest BCUT2D eigenvalue weighted by molar-refractivity contribution is 0.728. The van der Waals surface area contributed by atoms with E-state index in [1.54, 1.807) is 23.2 Å². The molecule has 0 saturated carbocycles. The van der Waals surface area contributed by atoms with Gasteiger partial charge in [0.2, 0.25) is 0 Å². The van der Waals surface area contributed by atoms with Gasteiger partial charge in [0.25, 0.3) is 0 Å². The maximum atomic E-state index is 11.4. The minimum Gasteiger partial charge on any atom is -0.300 e. The van der Waals surface area contributed by atoms with E-state index < -0.39 is 0 Å². The van der Waals surface area contributed by atoms with E-state index in [1.165, 1.54) is 11.3 Å². The van der Waals surface area contributed by atoms with Crippen LogP contribution in [0.4, 0.5) is 5.13 Å². The third kappa shape index (κ3) is 2.26. The van der Waals surface area contributed by atoms with Crippen molar-refractivity contribution in [2.75, 3.05) is 5.43 Å². The van der Waals surface area contributed by atoms with Crippen molar-refractivity contribution in [3.63, 3.8) is 0 Å². The zero-order valence-corrected chi connectivity index (χ0v) is 9.49. The molecule has 0 aliphatic heterocycles. The van der Waals surface area contributed by atoms with E-state index >= 15 is 0 Å². The molecule has 84 valence electrons. The molecule has 2 rings (SSSR count). The van der Waals surface area contributed by atoms with Gasteiger partial charge in [0, 0.05) is 23.5 Å². The molecule has 7 heteroatoms. The van der Waals surface area contributed by atoms with Crippen molar-refractivity contribution in [3.8, 4) is 0 Å². The lowest BCUT2D eigenvalue weighted by atomic mass is 10.4. The summed E-state index contributed by atoms with van der Waals surface area (Å²) in [5.74, 6) is 5.23. The van der Waals surface area contributed by atoms with Crippen LogP contribution < -0.4 is 17.0 Å². The number of rotatable bonds is 3. The Bertz CT molecular complexity index is 547. The van der Waals surface area contributed by atoms with E-state index in [0.29, 0.717) is 11.7 Å². The molecule has 2 heterocycles. The molecule has 0 aliphatic carbocycles. The summed E-state index contributed by atoms with van der Waals surface area (Å²) in [4.78, 5) is 20.2. The van der Waals surface area contributed by atoms with Crippen LogP contribution >= 0.6 is 11.3 Å². The first kappa shape index (κ1) is 10.8. The Hall–Kier alpha value is -1.73. The van der Waals surface area contributed by atoms with Crippen LogP contribution in [0.2, 0.25) is 0 Å². The van der Waals surface area contributed by atoms with Gasteiger partial charge in [0.15, 0.2) is 5.13 Å². The predicted molar refractivity (Wildman–Crippen MR) is 62.3 cm³/mol. The summed E-state index contributed by atoms with van der Waals surface area (Å²) in [7, 11) is 0. The number of hydrazine groups is 1. The molecule has 16 heavy (non-hydrogen) atoms. The SMILES string of the molecule is Cc1cnc(=O)n(Cc2cnc(NN)s2)c1. The molecule has 6 nitrogen and oxygen atoms in total. The van der Waals surface area contributed by atoms with Crippen molar-refractivity contribution in [2.24, 2.45) is 5.84 Å². The summed E-state index contributed by atoms with van der Waals surface area (Å²) in [6.45, 7) is 2.36. The van der Waals surface area contributed by atoms with Crippen LogP contribution in [-0.4, -0.2) is 14.5 Å². The molecule has 0 amide bonds. The van der Waals surface area contributed by atoms with Crippen molar-refractivity contribution in [1.29, 1.82) is 0 Å². The number of hydrogen-bond donors (Lipinski definition) is 2. The molecule has 0 unspecified atom stereocenters. The zero-order valence-electron chi connectivity index (χ0n) is 8.67. The molecule has 0 aliphatic rings. The highest BCUT2D eigenvalue weighted by molar-refractivity contribution is 7.15. The van der Waals surface area contributed by atoms with Gasteiger partial charge in [-0.3, -0.25) is 9.99 Å². The third-order valence-electron chi connectivity index (χ3n) is 1.99. The first-order chi connectivity index (χ1) is 7.69. The van der Waals surface area contributed by atoms with E-state index in [-0.39, 0.29) is 5.69 Å². The molecule has 2 aromatic rings. The first-order valence-electron chi connectivity index (χ1n) is 4.63. The quantitative estimate of drug-likeness (QED) is 0.594. The average molecular weight is 237 g/mol. The summed E-state index contributed by atoms with van der Waals surface area (Å²) in [5.41, 5.74) is 3.15. The van der Waals surface area contributed by atoms with Crippen molar-refractivity contribution < 1.29 is 0 Å². The van der Waals surface area contributed by atoms with Crippen LogP contribution in [0.1, 0.15) is 10.4 Å². The maximum Gasteiger partial charge on any atom is 0.347 e. The fraction of sp³-hybridized carbons (Fsp3) is 0.222. The van der Waals surface area contributed by atoms with E-state index in [4.69, 9.17) is 5.84 Å². The summed E-state index contributed by atoms with van der Waals surface area (Å²) in [6.07, 6.45) is 5.01. The highest BCUT2D eigenvalue weighted by atomic mass is 32.1. The van der Waals surface area contributed by atoms with Crippen LogP contribution in [-0.2, 0) is 6.54 Å². The van der Waals surface area contributed by atoms with E-state index in [1.807, 2.05) is 6.92 Å². The minimum atomic E-state index is -0.263. The number of aryl methyl sites for hydroxylation is 1. The van der Waals surface area contributed by atoms with Crippen molar-refractivity contribution in [3.05, 3.63) is 39.5 Å². The number of aromatic nitrogens is 3. The van der Waals surface area contributed by atoms with Crippen molar-refractivity contribution in [1.82, 2.24) is 14.5 Å². The van der Waals surface area contributed by atoms with Gasteiger partial charge in [-0.15, -0.1) is 0 Å². The third-order valence-corrected chi connectivity index (χ3v) is 2.90. The molecule has 0 spiro atoms. The molecule has 0 aromatic carbocycles. The zero-order chi connectivity index (χ0) is 11.5. The molecule has 0 saturated heterocycles. The molecule has 3 N–H and O–H groups in total. The largest absolute Gasteiger partial charge is 0.347 e. The number of nitrogens with two attached hydrogens (primary N) is 1. The second kappa shape index (κ2) is 4.42. The van der Waals surface area contributed by atoms with Gasteiger partial charge in [-0.2, -0.15) is 0 Å². The van der Waals surface area contributed by atoms with Crippen molar-refractivity contribution in [2.45, 2.75) is 13.5 Å². The van der Waals surface area contributed by atoms with E-state index in [0.717, 1.165) is 10.4 Å². The number of nitrogens with one attached hydrogen (secondary N) is 1. The first-order valence-corrected chi connectivity index (χ1v) is 5.45. The van der Waals surface area contributed by atoms with Crippen LogP contribution in [0.25, 0.3) is 0 Å². The molecule has 0 fully saturated rings. The number of nitrogen functional groups attached to an aromatic ring is 1. The molecule has 0 radical (unpaired) electrons. The van der Waals surface area contributed by atoms with E-state index in [9.17, 15) is 4.79 Å². The van der Waals surface area contributed by atoms with Gasteiger partial charge < -0.3 is 0 Å². The number of anilines is 1. The topological polar surface area (TPSA) is 85.8 Å². The number of hydrogen-bond acceptors (Lipinski definition) is 6. The van der Waals surface area contributed by atoms with Gasteiger partial charge in [-0.1, -0.05) is 11.3 Å². The average Bonchev–Trinajstić information content (AvgIpc) is 2.71. The van der Waals surface area contributed by atoms with E-state index in [2.05, 4.69) is 15.4 Å². The van der Waals surface area contributed by atoms with Gasteiger partial charge in [0.1, 0.15) is 0 Å². The fourth-order valence-electron chi connectivity index (χ4n) is 1.29. The Labute approximate surface area is 95.7 Å². The molecule has 0 atom stereocenters. The predicted octanol–water partition coefficient (Wildman–Crippen LogP) is 0.342.